The fourth-order valence-corrected chi connectivity index (χ4v) is 3.57. The molecule has 0 radical (unpaired) electrons. The van der Waals surface area contributed by atoms with Crippen LogP contribution in [-0.4, -0.2) is 26.7 Å². The van der Waals surface area contributed by atoms with Gasteiger partial charge >= 0.3 is 0 Å². The number of para-hydroxylation sites is 1. The van der Waals surface area contributed by atoms with E-state index in [9.17, 15) is 13.5 Å². The standard InChI is InChI=1S/C17H19NO5S/c1-12(19)14-5-2-3-6-15(14)18-24(20,21)13-7-8-16-17(11-13)23-10-4-9-22-16/h2-3,5-8,11-12,18-19H,4,9-10H2,1H3. The fraction of sp³-hybridized carbons (Fsp3) is 0.294. The van der Waals surface area contributed by atoms with Crippen LogP contribution in [0.15, 0.2) is 47.4 Å². The highest BCUT2D eigenvalue weighted by atomic mass is 32.2. The Kier molecular flexibility index (Phi) is 4.64. The first kappa shape index (κ1) is 16.6. The van der Waals surface area contributed by atoms with Crippen molar-refractivity contribution in [3.05, 3.63) is 48.0 Å². The summed E-state index contributed by atoms with van der Waals surface area (Å²) in [7, 11) is -3.81. The summed E-state index contributed by atoms with van der Waals surface area (Å²) in [4.78, 5) is 0.0761. The molecule has 128 valence electrons. The van der Waals surface area contributed by atoms with Crippen molar-refractivity contribution in [1.29, 1.82) is 0 Å². The van der Waals surface area contributed by atoms with Crippen molar-refractivity contribution in [2.45, 2.75) is 24.3 Å². The third kappa shape index (κ3) is 3.47. The quantitative estimate of drug-likeness (QED) is 0.886. The minimum Gasteiger partial charge on any atom is -0.490 e. The second-order valence-electron chi connectivity index (χ2n) is 5.53. The van der Waals surface area contributed by atoms with Crippen molar-refractivity contribution in [3.63, 3.8) is 0 Å². The fourth-order valence-electron chi connectivity index (χ4n) is 2.47. The predicted molar refractivity (Wildman–Crippen MR) is 89.9 cm³/mol. The zero-order chi connectivity index (χ0) is 17.2. The normalized spacial score (nSPS) is 15.4. The molecule has 1 heterocycles. The summed E-state index contributed by atoms with van der Waals surface area (Å²) < 4.78 is 38.9. The summed E-state index contributed by atoms with van der Waals surface area (Å²) in [6, 6.07) is 11.3. The van der Waals surface area contributed by atoms with Crippen molar-refractivity contribution in [2.75, 3.05) is 17.9 Å². The number of aliphatic hydroxyl groups excluding tert-OH is 1. The first-order valence-corrected chi connectivity index (χ1v) is 9.15. The van der Waals surface area contributed by atoms with E-state index in [2.05, 4.69) is 4.72 Å². The Morgan fingerprint density at radius 1 is 1.08 bits per heavy atom. The summed E-state index contributed by atoms with van der Waals surface area (Å²) >= 11 is 0. The maximum atomic E-state index is 12.7. The van der Waals surface area contributed by atoms with Crippen molar-refractivity contribution >= 4 is 15.7 Å². The Morgan fingerprint density at radius 2 is 1.79 bits per heavy atom. The molecular formula is C17H19NO5S. The molecule has 0 saturated heterocycles. The van der Waals surface area contributed by atoms with Gasteiger partial charge in [0.15, 0.2) is 11.5 Å². The summed E-state index contributed by atoms with van der Waals surface area (Å²) in [6.07, 6.45) is -0.0378. The van der Waals surface area contributed by atoms with Crippen LogP contribution in [0.2, 0.25) is 0 Å². The molecule has 1 aliphatic rings. The van der Waals surface area contributed by atoms with E-state index < -0.39 is 16.1 Å². The van der Waals surface area contributed by atoms with Crippen molar-refractivity contribution in [2.24, 2.45) is 0 Å². The highest BCUT2D eigenvalue weighted by Gasteiger charge is 2.20. The number of sulfonamides is 1. The highest BCUT2D eigenvalue weighted by molar-refractivity contribution is 7.92. The molecule has 6 nitrogen and oxygen atoms in total. The van der Waals surface area contributed by atoms with E-state index in [-0.39, 0.29) is 4.90 Å². The Morgan fingerprint density at radius 3 is 2.54 bits per heavy atom. The second-order valence-corrected chi connectivity index (χ2v) is 7.21. The molecule has 7 heteroatoms. The average molecular weight is 349 g/mol. The Hall–Kier alpha value is -2.25. The van der Waals surface area contributed by atoms with Crippen LogP contribution in [0.4, 0.5) is 5.69 Å². The number of hydrogen-bond acceptors (Lipinski definition) is 5. The van der Waals surface area contributed by atoms with Gasteiger partial charge in [0.25, 0.3) is 10.0 Å². The first-order valence-electron chi connectivity index (χ1n) is 7.67. The lowest BCUT2D eigenvalue weighted by molar-refractivity contribution is 0.200. The molecule has 0 aliphatic carbocycles. The Labute approximate surface area is 141 Å². The van der Waals surface area contributed by atoms with Gasteiger partial charge in [-0.05, 0) is 25.1 Å². The maximum Gasteiger partial charge on any atom is 0.262 e. The molecule has 2 N–H and O–H groups in total. The van der Waals surface area contributed by atoms with Crippen molar-refractivity contribution < 1.29 is 23.0 Å². The third-order valence-electron chi connectivity index (χ3n) is 3.68. The minimum absolute atomic E-state index is 0.0761. The van der Waals surface area contributed by atoms with Gasteiger partial charge in [0, 0.05) is 18.1 Å². The molecule has 24 heavy (non-hydrogen) atoms. The molecule has 2 aromatic carbocycles. The van der Waals surface area contributed by atoms with E-state index in [1.807, 2.05) is 0 Å². The van der Waals surface area contributed by atoms with Crippen LogP contribution in [0.3, 0.4) is 0 Å². The maximum absolute atomic E-state index is 12.7. The molecule has 1 unspecified atom stereocenters. The smallest absolute Gasteiger partial charge is 0.262 e. The molecule has 3 rings (SSSR count). The van der Waals surface area contributed by atoms with Crippen LogP contribution in [0.25, 0.3) is 0 Å². The van der Waals surface area contributed by atoms with Crippen molar-refractivity contribution in [3.8, 4) is 11.5 Å². The molecule has 0 amide bonds. The molecule has 1 atom stereocenters. The predicted octanol–water partition coefficient (Wildman–Crippen LogP) is 2.70. The topological polar surface area (TPSA) is 84.9 Å². The van der Waals surface area contributed by atoms with Gasteiger partial charge in [-0.2, -0.15) is 0 Å². The summed E-state index contributed by atoms with van der Waals surface area (Å²) in [5.74, 6) is 0.954. The summed E-state index contributed by atoms with van der Waals surface area (Å²) in [6.45, 7) is 2.61. The molecule has 0 spiro atoms. The van der Waals surface area contributed by atoms with Gasteiger partial charge < -0.3 is 14.6 Å². The molecule has 1 aliphatic heterocycles. The van der Waals surface area contributed by atoms with Gasteiger partial charge in [0.2, 0.25) is 0 Å². The lowest BCUT2D eigenvalue weighted by Crippen LogP contribution is -2.15. The number of nitrogens with one attached hydrogen (secondary N) is 1. The minimum atomic E-state index is -3.81. The lowest BCUT2D eigenvalue weighted by atomic mass is 10.1. The van der Waals surface area contributed by atoms with E-state index in [1.165, 1.54) is 12.1 Å². The van der Waals surface area contributed by atoms with Gasteiger partial charge in [0.1, 0.15) is 0 Å². The van der Waals surface area contributed by atoms with Gasteiger partial charge in [-0.15, -0.1) is 0 Å². The number of ether oxygens (including phenoxy) is 2. The van der Waals surface area contributed by atoms with E-state index in [1.54, 1.807) is 37.3 Å². The second kappa shape index (κ2) is 6.70. The monoisotopic (exact) mass is 349 g/mol. The Balaban J connectivity index is 1.93. The molecule has 2 aromatic rings. The number of hydrogen-bond donors (Lipinski definition) is 2. The van der Waals surface area contributed by atoms with Crippen LogP contribution in [0, 0.1) is 0 Å². The van der Waals surface area contributed by atoms with Gasteiger partial charge in [-0.1, -0.05) is 18.2 Å². The van der Waals surface area contributed by atoms with E-state index >= 15 is 0 Å². The average Bonchev–Trinajstić information content (AvgIpc) is 2.79. The number of rotatable bonds is 4. The van der Waals surface area contributed by atoms with Crippen LogP contribution in [-0.2, 0) is 10.0 Å². The molecule has 0 aromatic heterocycles. The molecular weight excluding hydrogens is 330 g/mol. The van der Waals surface area contributed by atoms with E-state index in [0.717, 1.165) is 6.42 Å². The lowest BCUT2D eigenvalue weighted by Gasteiger charge is -2.15. The number of fused-ring (bicyclic) bond motifs is 1. The highest BCUT2D eigenvalue weighted by Crippen LogP contribution is 2.33. The van der Waals surface area contributed by atoms with Crippen LogP contribution < -0.4 is 14.2 Å². The van der Waals surface area contributed by atoms with Crippen LogP contribution in [0.1, 0.15) is 25.0 Å². The number of aliphatic hydroxyl groups is 1. The van der Waals surface area contributed by atoms with Crippen molar-refractivity contribution in [1.82, 2.24) is 0 Å². The van der Waals surface area contributed by atoms with Gasteiger partial charge in [-0.3, -0.25) is 4.72 Å². The summed E-state index contributed by atoms with van der Waals surface area (Å²) in [5, 5.41) is 9.79. The Bertz CT molecular complexity index is 833. The SMILES string of the molecule is CC(O)c1ccccc1NS(=O)(=O)c1ccc2c(c1)OCCCO2. The van der Waals surface area contributed by atoms with Gasteiger partial charge in [0.05, 0.1) is 29.9 Å². The largest absolute Gasteiger partial charge is 0.490 e. The van der Waals surface area contributed by atoms with Crippen LogP contribution in [0.5, 0.6) is 11.5 Å². The number of anilines is 1. The summed E-state index contributed by atoms with van der Waals surface area (Å²) in [5.41, 5.74) is 0.857. The number of benzene rings is 2. The first-order chi connectivity index (χ1) is 11.5. The van der Waals surface area contributed by atoms with Crippen LogP contribution >= 0.6 is 0 Å². The molecule has 0 saturated carbocycles. The van der Waals surface area contributed by atoms with E-state index in [0.29, 0.717) is 36.0 Å². The zero-order valence-electron chi connectivity index (χ0n) is 13.2. The molecule has 0 bridgehead atoms. The van der Waals surface area contributed by atoms with Gasteiger partial charge in [-0.25, -0.2) is 8.42 Å². The van der Waals surface area contributed by atoms with E-state index in [4.69, 9.17) is 9.47 Å². The third-order valence-corrected chi connectivity index (χ3v) is 5.05. The molecule has 0 fully saturated rings. The zero-order valence-corrected chi connectivity index (χ0v) is 14.0.